The van der Waals surface area contributed by atoms with Gasteiger partial charge in [0.15, 0.2) is 0 Å². The van der Waals surface area contributed by atoms with Crippen molar-refractivity contribution in [2.75, 3.05) is 17.7 Å². The lowest BCUT2D eigenvalue weighted by Crippen LogP contribution is -2.21. The summed E-state index contributed by atoms with van der Waals surface area (Å²) in [4.78, 5) is 10.9. The third-order valence-electron chi connectivity index (χ3n) is 1.92. The van der Waals surface area contributed by atoms with E-state index in [-0.39, 0.29) is 18.0 Å². The molecule has 1 atom stereocenters. The van der Waals surface area contributed by atoms with Crippen molar-refractivity contribution in [3.05, 3.63) is 28.2 Å². The summed E-state index contributed by atoms with van der Waals surface area (Å²) >= 11 is 8.63. The molecule has 88 valence electrons. The zero-order chi connectivity index (χ0) is 12.1. The van der Waals surface area contributed by atoms with Crippen LogP contribution in [0.25, 0.3) is 0 Å². The molecule has 4 nitrogen and oxygen atoms in total. The summed E-state index contributed by atoms with van der Waals surface area (Å²) in [6.45, 7) is 0.214. The molecule has 0 radical (unpaired) electrons. The van der Waals surface area contributed by atoms with Gasteiger partial charge in [-0.05, 0) is 18.2 Å². The van der Waals surface area contributed by atoms with Gasteiger partial charge in [0, 0.05) is 16.7 Å². The Kier molecular flexibility index (Phi) is 5.05. The van der Waals surface area contributed by atoms with Gasteiger partial charge in [-0.1, -0.05) is 15.9 Å². The maximum absolute atomic E-state index is 10.9. The van der Waals surface area contributed by atoms with Gasteiger partial charge in [0.25, 0.3) is 0 Å². The van der Waals surface area contributed by atoms with Crippen LogP contribution in [0.3, 0.4) is 0 Å². The number of aromatic carboxylic acids is 1. The molecule has 16 heavy (non-hydrogen) atoms. The molecule has 0 aliphatic carbocycles. The van der Waals surface area contributed by atoms with E-state index < -0.39 is 12.1 Å². The normalized spacial score (nSPS) is 12.2. The van der Waals surface area contributed by atoms with Gasteiger partial charge in [0.1, 0.15) is 0 Å². The van der Waals surface area contributed by atoms with Gasteiger partial charge < -0.3 is 15.5 Å². The Bertz CT molecular complexity index is 386. The van der Waals surface area contributed by atoms with E-state index in [1.807, 2.05) is 0 Å². The number of aliphatic hydroxyl groups is 1. The number of carboxylic acids is 1. The molecule has 0 saturated carbocycles. The van der Waals surface area contributed by atoms with E-state index in [4.69, 9.17) is 16.7 Å². The summed E-state index contributed by atoms with van der Waals surface area (Å²) < 4.78 is 0.688. The van der Waals surface area contributed by atoms with Crippen LogP contribution in [0, 0.1) is 0 Å². The summed E-state index contributed by atoms with van der Waals surface area (Å²) in [5.74, 6) is -0.921. The Labute approximate surface area is 106 Å². The van der Waals surface area contributed by atoms with Crippen LogP contribution in [-0.4, -0.2) is 34.7 Å². The second kappa shape index (κ2) is 6.08. The number of aliphatic hydroxyl groups excluding tert-OH is 1. The third kappa shape index (κ3) is 3.66. The van der Waals surface area contributed by atoms with Crippen LogP contribution >= 0.6 is 27.5 Å². The second-order valence-electron chi connectivity index (χ2n) is 3.18. The molecule has 0 aliphatic rings. The monoisotopic (exact) mass is 307 g/mol. The lowest BCUT2D eigenvalue weighted by molar-refractivity contribution is 0.0697. The van der Waals surface area contributed by atoms with Crippen LogP contribution in [0.1, 0.15) is 10.4 Å². The zero-order valence-corrected chi connectivity index (χ0v) is 10.6. The Balaban J connectivity index is 2.82. The molecule has 6 heteroatoms. The van der Waals surface area contributed by atoms with E-state index in [1.54, 1.807) is 12.1 Å². The Morgan fingerprint density at radius 1 is 1.56 bits per heavy atom. The van der Waals surface area contributed by atoms with E-state index in [0.29, 0.717) is 10.2 Å². The van der Waals surface area contributed by atoms with Crippen LogP contribution in [0.2, 0.25) is 0 Å². The van der Waals surface area contributed by atoms with Gasteiger partial charge in [-0.3, -0.25) is 0 Å². The molecule has 1 rings (SSSR count). The highest BCUT2D eigenvalue weighted by molar-refractivity contribution is 9.10. The van der Waals surface area contributed by atoms with Gasteiger partial charge in [0.2, 0.25) is 0 Å². The van der Waals surface area contributed by atoms with Crippen molar-refractivity contribution in [1.82, 2.24) is 0 Å². The fraction of sp³-hybridized carbons (Fsp3) is 0.300. The number of nitrogens with one attached hydrogen (secondary N) is 1. The van der Waals surface area contributed by atoms with Crippen molar-refractivity contribution in [3.8, 4) is 0 Å². The van der Waals surface area contributed by atoms with Gasteiger partial charge in [0.05, 0.1) is 17.5 Å². The first-order valence-corrected chi connectivity index (χ1v) is 5.88. The molecular weight excluding hydrogens is 297 g/mol. The predicted octanol–water partition coefficient (Wildman–Crippen LogP) is 2.16. The van der Waals surface area contributed by atoms with Crippen LogP contribution in [0.15, 0.2) is 22.7 Å². The van der Waals surface area contributed by atoms with Gasteiger partial charge in [-0.25, -0.2) is 4.79 Å². The molecule has 0 bridgehead atoms. The Morgan fingerprint density at radius 3 is 2.81 bits per heavy atom. The molecule has 0 saturated heterocycles. The molecule has 0 aromatic heterocycles. The average Bonchev–Trinajstić information content (AvgIpc) is 2.26. The third-order valence-corrected chi connectivity index (χ3v) is 2.77. The minimum Gasteiger partial charge on any atom is -0.478 e. The quantitative estimate of drug-likeness (QED) is 0.729. The number of carboxylic acid groups (broad SMARTS) is 1. The maximum atomic E-state index is 10.9. The molecular formula is C10H11BrClNO3. The molecule has 1 unspecified atom stereocenters. The molecule has 0 fully saturated rings. The number of alkyl halides is 1. The van der Waals surface area contributed by atoms with Crippen LogP contribution in [0.4, 0.5) is 5.69 Å². The van der Waals surface area contributed by atoms with Crippen molar-refractivity contribution in [2.24, 2.45) is 0 Å². The number of anilines is 1. The van der Waals surface area contributed by atoms with Gasteiger partial charge in [-0.15, -0.1) is 11.6 Å². The largest absolute Gasteiger partial charge is 0.478 e. The van der Waals surface area contributed by atoms with Crippen molar-refractivity contribution < 1.29 is 15.0 Å². The zero-order valence-electron chi connectivity index (χ0n) is 8.28. The van der Waals surface area contributed by atoms with Crippen molar-refractivity contribution in [1.29, 1.82) is 0 Å². The topological polar surface area (TPSA) is 69.6 Å². The number of hydrogen-bond donors (Lipinski definition) is 3. The molecule has 0 spiro atoms. The fourth-order valence-electron chi connectivity index (χ4n) is 1.13. The van der Waals surface area contributed by atoms with Crippen molar-refractivity contribution >= 4 is 39.2 Å². The highest BCUT2D eigenvalue weighted by Crippen LogP contribution is 2.21. The number of hydrogen-bond acceptors (Lipinski definition) is 3. The molecule has 1 aromatic carbocycles. The first-order chi connectivity index (χ1) is 7.54. The van der Waals surface area contributed by atoms with Gasteiger partial charge >= 0.3 is 5.97 Å². The summed E-state index contributed by atoms with van der Waals surface area (Å²) in [7, 11) is 0. The van der Waals surface area contributed by atoms with E-state index in [0.717, 1.165) is 0 Å². The maximum Gasteiger partial charge on any atom is 0.337 e. The van der Waals surface area contributed by atoms with Gasteiger partial charge in [-0.2, -0.15) is 0 Å². The summed E-state index contributed by atoms with van der Waals surface area (Å²) in [5.41, 5.74) is 0.607. The van der Waals surface area contributed by atoms with Crippen LogP contribution in [-0.2, 0) is 0 Å². The molecule has 0 heterocycles. The van der Waals surface area contributed by atoms with E-state index in [1.165, 1.54) is 6.07 Å². The predicted molar refractivity (Wildman–Crippen MR) is 66.3 cm³/mol. The molecule has 1 aromatic rings. The first-order valence-electron chi connectivity index (χ1n) is 4.55. The van der Waals surface area contributed by atoms with Crippen LogP contribution in [0.5, 0.6) is 0 Å². The van der Waals surface area contributed by atoms with E-state index >= 15 is 0 Å². The van der Waals surface area contributed by atoms with Crippen molar-refractivity contribution in [2.45, 2.75) is 6.10 Å². The SMILES string of the molecule is O=C(O)c1cc(Br)ccc1NCC(O)CCl. The van der Waals surface area contributed by atoms with E-state index in [2.05, 4.69) is 21.2 Å². The first kappa shape index (κ1) is 13.3. The number of halogens is 2. The number of benzene rings is 1. The standard InChI is InChI=1S/C10H11BrClNO3/c11-6-1-2-9(8(3-6)10(15)16)13-5-7(14)4-12/h1-3,7,13-14H,4-5H2,(H,15,16). The Morgan fingerprint density at radius 2 is 2.25 bits per heavy atom. The van der Waals surface area contributed by atoms with Crippen molar-refractivity contribution in [3.63, 3.8) is 0 Å². The highest BCUT2D eigenvalue weighted by Gasteiger charge is 2.11. The Hall–Kier alpha value is -0.780. The number of carbonyl (C=O) groups is 1. The number of rotatable bonds is 5. The highest BCUT2D eigenvalue weighted by atomic mass is 79.9. The fourth-order valence-corrected chi connectivity index (χ4v) is 1.60. The minimum atomic E-state index is -1.02. The molecule has 0 aliphatic heterocycles. The second-order valence-corrected chi connectivity index (χ2v) is 4.41. The minimum absolute atomic E-state index is 0.103. The summed E-state index contributed by atoms with van der Waals surface area (Å²) in [6, 6.07) is 4.86. The lowest BCUT2D eigenvalue weighted by Gasteiger charge is -2.12. The molecule has 3 N–H and O–H groups in total. The van der Waals surface area contributed by atoms with E-state index in [9.17, 15) is 9.90 Å². The smallest absolute Gasteiger partial charge is 0.337 e. The average molecular weight is 309 g/mol. The lowest BCUT2D eigenvalue weighted by atomic mass is 10.2. The van der Waals surface area contributed by atoms with Crippen LogP contribution < -0.4 is 5.32 Å². The summed E-state index contributed by atoms with van der Waals surface area (Å²) in [6.07, 6.45) is -0.702. The molecule has 0 amide bonds. The summed E-state index contributed by atoms with van der Waals surface area (Å²) in [5, 5.41) is 21.1.